The fourth-order valence-corrected chi connectivity index (χ4v) is 1.39. The molecule has 0 bridgehead atoms. The minimum absolute atomic E-state index is 0.197. The largest absolute Gasteiger partial charge is 0.461 e. The fourth-order valence-electron chi connectivity index (χ4n) is 1.39. The molecule has 0 spiro atoms. The van der Waals surface area contributed by atoms with Gasteiger partial charge < -0.3 is 10.5 Å². The molecule has 1 aliphatic rings. The standard InChI is InChI=1S/C9H16N2O/c1-4-5-9(3)7(2)6-12-8(10)11-9/h2,4-6H2,1,3H3,(H2,10,11). The van der Waals surface area contributed by atoms with Crippen LogP contribution in [0.3, 0.4) is 0 Å². The van der Waals surface area contributed by atoms with Crippen LogP contribution in [0.15, 0.2) is 17.1 Å². The van der Waals surface area contributed by atoms with E-state index in [1.807, 2.05) is 6.92 Å². The molecular formula is C9H16N2O. The van der Waals surface area contributed by atoms with Crippen molar-refractivity contribution in [3.8, 4) is 0 Å². The summed E-state index contributed by atoms with van der Waals surface area (Å²) >= 11 is 0. The lowest BCUT2D eigenvalue weighted by atomic mass is 9.89. The molecule has 1 aliphatic heterocycles. The molecule has 0 fully saturated rings. The van der Waals surface area contributed by atoms with Gasteiger partial charge in [-0.05, 0) is 18.9 Å². The SMILES string of the molecule is C=C1COC(N)=NC1(C)CCC. The van der Waals surface area contributed by atoms with Gasteiger partial charge in [-0.3, -0.25) is 0 Å². The van der Waals surface area contributed by atoms with Crippen molar-refractivity contribution in [3.63, 3.8) is 0 Å². The summed E-state index contributed by atoms with van der Waals surface area (Å²) in [5.74, 6) is 0. The van der Waals surface area contributed by atoms with Crippen molar-refractivity contribution in [2.45, 2.75) is 32.2 Å². The zero-order valence-corrected chi connectivity index (χ0v) is 7.76. The van der Waals surface area contributed by atoms with Crippen LogP contribution in [0.1, 0.15) is 26.7 Å². The minimum Gasteiger partial charge on any atom is -0.461 e. The van der Waals surface area contributed by atoms with Crippen molar-refractivity contribution in [1.29, 1.82) is 0 Å². The summed E-state index contributed by atoms with van der Waals surface area (Å²) in [6.07, 6.45) is 2.06. The predicted molar refractivity (Wildman–Crippen MR) is 50.0 cm³/mol. The first-order valence-electron chi connectivity index (χ1n) is 4.25. The number of hydrogen-bond acceptors (Lipinski definition) is 3. The number of aliphatic imine (C=N–C) groups is 1. The van der Waals surface area contributed by atoms with Crippen LogP contribution in [0.4, 0.5) is 0 Å². The number of rotatable bonds is 2. The third-order valence-electron chi connectivity index (χ3n) is 2.25. The highest BCUT2D eigenvalue weighted by atomic mass is 16.5. The number of nitrogens with two attached hydrogens (primary N) is 1. The van der Waals surface area contributed by atoms with E-state index in [-0.39, 0.29) is 5.54 Å². The highest BCUT2D eigenvalue weighted by Gasteiger charge is 2.30. The van der Waals surface area contributed by atoms with E-state index in [4.69, 9.17) is 10.5 Å². The second kappa shape index (κ2) is 3.17. The molecule has 1 atom stereocenters. The fraction of sp³-hybridized carbons (Fsp3) is 0.667. The van der Waals surface area contributed by atoms with Crippen LogP contribution in [0.25, 0.3) is 0 Å². The average molecular weight is 168 g/mol. The summed E-state index contributed by atoms with van der Waals surface area (Å²) in [5.41, 5.74) is 6.30. The lowest BCUT2D eigenvalue weighted by Crippen LogP contribution is -2.37. The summed E-state index contributed by atoms with van der Waals surface area (Å²) in [4.78, 5) is 4.26. The van der Waals surface area contributed by atoms with Gasteiger partial charge in [0.15, 0.2) is 0 Å². The third-order valence-corrected chi connectivity index (χ3v) is 2.25. The van der Waals surface area contributed by atoms with Crippen LogP contribution < -0.4 is 5.73 Å². The minimum atomic E-state index is -0.197. The lowest BCUT2D eigenvalue weighted by molar-refractivity contribution is 0.274. The van der Waals surface area contributed by atoms with Gasteiger partial charge in [0.05, 0.1) is 5.54 Å². The highest BCUT2D eigenvalue weighted by molar-refractivity contribution is 5.73. The van der Waals surface area contributed by atoms with Crippen molar-refractivity contribution in [2.75, 3.05) is 6.61 Å². The topological polar surface area (TPSA) is 47.6 Å². The molecule has 0 radical (unpaired) electrons. The molecule has 3 nitrogen and oxygen atoms in total. The maximum absolute atomic E-state index is 5.49. The molecule has 1 heterocycles. The molecule has 1 rings (SSSR count). The van der Waals surface area contributed by atoms with Gasteiger partial charge in [0.25, 0.3) is 6.02 Å². The molecule has 1 unspecified atom stereocenters. The average Bonchev–Trinajstić information content (AvgIpc) is 1.98. The third kappa shape index (κ3) is 1.60. The van der Waals surface area contributed by atoms with Gasteiger partial charge in [-0.1, -0.05) is 19.9 Å². The highest BCUT2D eigenvalue weighted by Crippen LogP contribution is 2.28. The molecule has 0 aromatic heterocycles. The molecule has 2 N–H and O–H groups in total. The van der Waals surface area contributed by atoms with Gasteiger partial charge in [0.2, 0.25) is 0 Å². The van der Waals surface area contributed by atoms with Gasteiger partial charge in [0, 0.05) is 0 Å². The zero-order chi connectivity index (χ0) is 9.19. The molecule has 0 aromatic rings. The second-order valence-electron chi connectivity index (χ2n) is 3.37. The van der Waals surface area contributed by atoms with E-state index in [1.165, 1.54) is 0 Å². The van der Waals surface area contributed by atoms with E-state index >= 15 is 0 Å². The summed E-state index contributed by atoms with van der Waals surface area (Å²) in [6.45, 7) is 8.61. The van der Waals surface area contributed by atoms with E-state index in [0.29, 0.717) is 12.6 Å². The summed E-state index contributed by atoms with van der Waals surface area (Å²) < 4.78 is 5.06. The number of nitrogens with zero attached hydrogens (tertiary/aromatic N) is 1. The number of amidine groups is 1. The van der Waals surface area contributed by atoms with Crippen LogP contribution in [-0.2, 0) is 4.74 Å². The Balaban J connectivity index is 2.83. The van der Waals surface area contributed by atoms with Crippen LogP contribution in [0.5, 0.6) is 0 Å². The Hall–Kier alpha value is -0.990. The van der Waals surface area contributed by atoms with Crippen molar-refractivity contribution < 1.29 is 4.74 Å². The molecular weight excluding hydrogens is 152 g/mol. The van der Waals surface area contributed by atoms with Crippen LogP contribution in [-0.4, -0.2) is 18.2 Å². The normalized spacial score (nSPS) is 29.5. The molecule has 0 saturated heterocycles. The first-order valence-corrected chi connectivity index (χ1v) is 4.25. The Bertz CT molecular complexity index is 223. The quantitative estimate of drug-likeness (QED) is 0.634. The lowest BCUT2D eigenvalue weighted by Gasteiger charge is -2.31. The van der Waals surface area contributed by atoms with Gasteiger partial charge in [-0.25, -0.2) is 4.99 Å². The second-order valence-corrected chi connectivity index (χ2v) is 3.37. The van der Waals surface area contributed by atoms with Crippen LogP contribution in [0.2, 0.25) is 0 Å². The molecule has 3 heteroatoms. The van der Waals surface area contributed by atoms with Crippen molar-refractivity contribution in [3.05, 3.63) is 12.2 Å². The van der Waals surface area contributed by atoms with Crippen LogP contribution in [0, 0.1) is 0 Å². The zero-order valence-electron chi connectivity index (χ0n) is 7.76. The Morgan fingerprint density at radius 1 is 1.75 bits per heavy atom. The first-order chi connectivity index (χ1) is 5.58. The van der Waals surface area contributed by atoms with Gasteiger partial charge in [-0.2, -0.15) is 0 Å². The summed E-state index contributed by atoms with van der Waals surface area (Å²) in [7, 11) is 0. The number of hydrogen-bond donors (Lipinski definition) is 1. The maximum atomic E-state index is 5.49. The van der Waals surface area contributed by atoms with Crippen molar-refractivity contribution in [2.24, 2.45) is 10.7 Å². The molecule has 12 heavy (non-hydrogen) atoms. The molecule has 0 saturated carbocycles. The number of ether oxygens (including phenoxy) is 1. The maximum Gasteiger partial charge on any atom is 0.283 e. The Labute approximate surface area is 73.3 Å². The van der Waals surface area contributed by atoms with Crippen molar-refractivity contribution in [1.82, 2.24) is 0 Å². The Morgan fingerprint density at radius 2 is 2.42 bits per heavy atom. The predicted octanol–water partition coefficient (Wildman–Crippen LogP) is 1.45. The van der Waals surface area contributed by atoms with Gasteiger partial charge >= 0.3 is 0 Å². The van der Waals surface area contributed by atoms with E-state index in [1.54, 1.807) is 0 Å². The van der Waals surface area contributed by atoms with E-state index in [2.05, 4.69) is 18.5 Å². The van der Waals surface area contributed by atoms with Gasteiger partial charge in [0.1, 0.15) is 6.61 Å². The van der Waals surface area contributed by atoms with E-state index in [9.17, 15) is 0 Å². The molecule has 0 amide bonds. The van der Waals surface area contributed by atoms with Crippen molar-refractivity contribution >= 4 is 6.02 Å². The molecule has 68 valence electrons. The summed E-state index contributed by atoms with van der Waals surface area (Å²) in [6, 6.07) is 0.290. The molecule has 0 aliphatic carbocycles. The Morgan fingerprint density at radius 3 is 3.00 bits per heavy atom. The Kier molecular flexibility index (Phi) is 2.40. The van der Waals surface area contributed by atoms with Gasteiger partial charge in [-0.15, -0.1) is 0 Å². The monoisotopic (exact) mass is 168 g/mol. The van der Waals surface area contributed by atoms with E-state index < -0.39 is 0 Å². The summed E-state index contributed by atoms with van der Waals surface area (Å²) in [5, 5.41) is 0. The van der Waals surface area contributed by atoms with E-state index in [0.717, 1.165) is 18.4 Å². The van der Waals surface area contributed by atoms with Crippen LogP contribution >= 0.6 is 0 Å². The first kappa shape index (κ1) is 9.10. The smallest absolute Gasteiger partial charge is 0.283 e. The molecule has 0 aromatic carbocycles.